The summed E-state index contributed by atoms with van der Waals surface area (Å²) < 4.78 is 12.2. The van der Waals surface area contributed by atoms with Gasteiger partial charge in [-0.1, -0.05) is 6.92 Å². The Hall–Kier alpha value is 0.0600. The van der Waals surface area contributed by atoms with Crippen molar-refractivity contribution >= 4 is 27.3 Å². The van der Waals surface area contributed by atoms with Crippen LogP contribution in [0.15, 0.2) is 15.9 Å². The maximum absolute atomic E-state index is 5.53. The largest absolute Gasteiger partial charge is 0.350 e. The van der Waals surface area contributed by atoms with E-state index in [1.165, 1.54) is 9.35 Å². The summed E-state index contributed by atoms with van der Waals surface area (Å²) in [5, 5.41) is 5.67. The van der Waals surface area contributed by atoms with E-state index in [0.717, 1.165) is 32.6 Å². The van der Waals surface area contributed by atoms with Gasteiger partial charge in [0.05, 0.1) is 13.2 Å². The van der Waals surface area contributed by atoms with E-state index in [4.69, 9.17) is 9.47 Å². The highest BCUT2D eigenvalue weighted by molar-refractivity contribution is 9.10. The SMILES string of the molecule is CCCNC(CC1OCCO1)c1sccc1Br. The Balaban J connectivity index is 1.99. The molecule has 1 N–H and O–H groups in total. The van der Waals surface area contributed by atoms with Crippen LogP contribution in [0.1, 0.15) is 30.7 Å². The molecule has 96 valence electrons. The fraction of sp³-hybridized carbons (Fsp3) is 0.667. The number of ether oxygens (including phenoxy) is 2. The summed E-state index contributed by atoms with van der Waals surface area (Å²) in [4.78, 5) is 1.33. The Morgan fingerprint density at radius 3 is 2.88 bits per heavy atom. The molecule has 5 heteroatoms. The molecule has 17 heavy (non-hydrogen) atoms. The first kappa shape index (κ1) is 13.5. The van der Waals surface area contributed by atoms with Crippen LogP contribution in [0.4, 0.5) is 0 Å². The molecule has 1 aromatic heterocycles. The molecule has 1 aliphatic heterocycles. The summed E-state index contributed by atoms with van der Waals surface area (Å²) in [5.41, 5.74) is 0. The maximum Gasteiger partial charge on any atom is 0.159 e. The van der Waals surface area contributed by atoms with Crippen LogP contribution in [-0.2, 0) is 9.47 Å². The second-order valence-corrected chi connectivity index (χ2v) is 5.85. The lowest BCUT2D eigenvalue weighted by atomic mass is 10.1. The van der Waals surface area contributed by atoms with E-state index in [1.807, 2.05) is 0 Å². The molecule has 1 saturated heterocycles. The molecule has 0 bridgehead atoms. The molecule has 1 aromatic rings. The van der Waals surface area contributed by atoms with Gasteiger partial charge in [-0.3, -0.25) is 0 Å². The van der Waals surface area contributed by atoms with Gasteiger partial charge in [0.2, 0.25) is 0 Å². The Bertz CT molecular complexity index is 339. The molecule has 0 amide bonds. The van der Waals surface area contributed by atoms with E-state index < -0.39 is 0 Å². The molecule has 0 saturated carbocycles. The van der Waals surface area contributed by atoms with Gasteiger partial charge in [0.25, 0.3) is 0 Å². The van der Waals surface area contributed by atoms with Crippen molar-refractivity contribution in [2.75, 3.05) is 19.8 Å². The van der Waals surface area contributed by atoms with Crippen LogP contribution in [0.3, 0.4) is 0 Å². The second kappa shape index (κ2) is 6.85. The molecule has 0 aromatic carbocycles. The second-order valence-electron chi connectivity index (χ2n) is 4.05. The highest BCUT2D eigenvalue weighted by atomic mass is 79.9. The van der Waals surface area contributed by atoms with E-state index in [9.17, 15) is 0 Å². The van der Waals surface area contributed by atoms with Gasteiger partial charge in [-0.05, 0) is 40.3 Å². The van der Waals surface area contributed by atoms with E-state index >= 15 is 0 Å². The standard InChI is InChI=1S/C12H18BrNO2S/c1-2-4-14-10(8-11-15-5-6-16-11)12-9(13)3-7-17-12/h3,7,10-11,14H,2,4-6,8H2,1H3. The van der Waals surface area contributed by atoms with Crippen molar-refractivity contribution in [1.29, 1.82) is 0 Å². The van der Waals surface area contributed by atoms with Crippen LogP contribution >= 0.6 is 27.3 Å². The van der Waals surface area contributed by atoms with Crippen LogP contribution < -0.4 is 5.32 Å². The molecule has 2 rings (SSSR count). The molecule has 1 aliphatic rings. The average Bonchev–Trinajstić information content (AvgIpc) is 2.95. The van der Waals surface area contributed by atoms with Crippen molar-refractivity contribution < 1.29 is 9.47 Å². The lowest BCUT2D eigenvalue weighted by Gasteiger charge is -2.20. The molecular weight excluding hydrogens is 302 g/mol. The van der Waals surface area contributed by atoms with Gasteiger partial charge in [0.1, 0.15) is 0 Å². The minimum atomic E-state index is -0.0571. The molecule has 0 radical (unpaired) electrons. The summed E-state index contributed by atoms with van der Waals surface area (Å²) in [6.45, 7) is 4.63. The molecule has 1 unspecified atom stereocenters. The van der Waals surface area contributed by atoms with Gasteiger partial charge in [-0.15, -0.1) is 11.3 Å². The number of rotatable bonds is 6. The van der Waals surface area contributed by atoms with Crippen LogP contribution in [0, 0.1) is 0 Å². The lowest BCUT2D eigenvalue weighted by Crippen LogP contribution is -2.26. The van der Waals surface area contributed by atoms with Gasteiger partial charge in [-0.25, -0.2) is 0 Å². The summed E-state index contributed by atoms with van der Waals surface area (Å²) in [6.07, 6.45) is 1.95. The average molecular weight is 320 g/mol. The number of hydrogen-bond acceptors (Lipinski definition) is 4. The third-order valence-electron chi connectivity index (χ3n) is 2.72. The van der Waals surface area contributed by atoms with Crippen molar-refractivity contribution in [3.8, 4) is 0 Å². The van der Waals surface area contributed by atoms with Gasteiger partial charge in [0, 0.05) is 21.8 Å². The van der Waals surface area contributed by atoms with Crippen molar-refractivity contribution in [2.24, 2.45) is 0 Å². The van der Waals surface area contributed by atoms with E-state index in [1.54, 1.807) is 11.3 Å². The number of halogens is 1. The third-order valence-corrected chi connectivity index (χ3v) is 4.71. The minimum absolute atomic E-state index is 0.0571. The van der Waals surface area contributed by atoms with Crippen molar-refractivity contribution in [3.05, 3.63) is 20.8 Å². The lowest BCUT2D eigenvalue weighted by molar-refractivity contribution is -0.0528. The molecule has 1 fully saturated rings. The zero-order valence-electron chi connectivity index (χ0n) is 9.95. The zero-order valence-corrected chi connectivity index (χ0v) is 12.4. The molecule has 0 spiro atoms. The predicted octanol–water partition coefficient (Wildman–Crippen LogP) is 3.31. The van der Waals surface area contributed by atoms with Crippen LogP contribution in [0.5, 0.6) is 0 Å². The van der Waals surface area contributed by atoms with Gasteiger partial charge >= 0.3 is 0 Å². The Morgan fingerprint density at radius 1 is 1.53 bits per heavy atom. The van der Waals surface area contributed by atoms with E-state index in [0.29, 0.717) is 6.04 Å². The fourth-order valence-corrected chi connectivity index (χ4v) is 3.63. The monoisotopic (exact) mass is 319 g/mol. The normalized spacial score (nSPS) is 18.7. The predicted molar refractivity (Wildman–Crippen MR) is 73.4 cm³/mol. The molecular formula is C12H18BrNO2S. The summed E-state index contributed by atoms with van der Waals surface area (Å²) in [7, 11) is 0. The zero-order chi connectivity index (χ0) is 12.1. The molecule has 3 nitrogen and oxygen atoms in total. The minimum Gasteiger partial charge on any atom is -0.350 e. The van der Waals surface area contributed by atoms with Crippen LogP contribution in [0.2, 0.25) is 0 Å². The van der Waals surface area contributed by atoms with Gasteiger partial charge in [0.15, 0.2) is 6.29 Å². The van der Waals surface area contributed by atoms with Crippen LogP contribution in [-0.4, -0.2) is 26.0 Å². The quantitative estimate of drug-likeness (QED) is 0.872. The number of nitrogens with one attached hydrogen (secondary N) is 1. The highest BCUT2D eigenvalue weighted by Crippen LogP contribution is 2.32. The van der Waals surface area contributed by atoms with Gasteiger partial charge < -0.3 is 14.8 Å². The number of thiophene rings is 1. The Kier molecular flexibility index (Phi) is 5.44. The van der Waals surface area contributed by atoms with Crippen molar-refractivity contribution in [2.45, 2.75) is 32.1 Å². The Morgan fingerprint density at radius 2 is 2.29 bits per heavy atom. The number of hydrogen-bond donors (Lipinski definition) is 1. The van der Waals surface area contributed by atoms with E-state index in [2.05, 4.69) is 39.6 Å². The van der Waals surface area contributed by atoms with Crippen molar-refractivity contribution in [3.63, 3.8) is 0 Å². The highest BCUT2D eigenvalue weighted by Gasteiger charge is 2.24. The smallest absolute Gasteiger partial charge is 0.159 e. The van der Waals surface area contributed by atoms with Crippen LogP contribution in [0.25, 0.3) is 0 Å². The first-order chi connectivity index (χ1) is 8.31. The Labute approximate surface area is 115 Å². The third kappa shape index (κ3) is 3.76. The van der Waals surface area contributed by atoms with E-state index in [-0.39, 0.29) is 6.29 Å². The summed E-state index contributed by atoms with van der Waals surface area (Å²) in [5.74, 6) is 0. The summed E-state index contributed by atoms with van der Waals surface area (Å²) in [6, 6.07) is 2.41. The molecule has 1 atom stereocenters. The first-order valence-electron chi connectivity index (χ1n) is 6.00. The fourth-order valence-electron chi connectivity index (χ4n) is 1.89. The maximum atomic E-state index is 5.53. The summed E-state index contributed by atoms with van der Waals surface area (Å²) >= 11 is 5.37. The topological polar surface area (TPSA) is 30.5 Å². The first-order valence-corrected chi connectivity index (χ1v) is 7.68. The molecule has 0 aliphatic carbocycles. The van der Waals surface area contributed by atoms with Gasteiger partial charge in [-0.2, -0.15) is 0 Å². The molecule has 2 heterocycles. The van der Waals surface area contributed by atoms with Crippen molar-refractivity contribution in [1.82, 2.24) is 5.32 Å².